The van der Waals surface area contributed by atoms with Gasteiger partial charge in [0.05, 0.1) is 18.6 Å². The van der Waals surface area contributed by atoms with E-state index < -0.39 is 5.41 Å². The Balaban J connectivity index is 1.60. The molecular formula is C18H29N3O4. The normalized spacial score (nSPS) is 28.0. The number of likely N-dealkylation sites (tertiary alicyclic amines) is 3. The van der Waals surface area contributed by atoms with Gasteiger partial charge in [0.2, 0.25) is 17.7 Å². The molecule has 0 aromatic carbocycles. The maximum absolute atomic E-state index is 12.8. The SMILES string of the molecule is O=C1CCCCCN1CC(=O)N1CCC2(CCCN(CCO)C2=O)C1. The molecule has 0 saturated carbocycles. The van der Waals surface area contributed by atoms with Gasteiger partial charge in [-0.2, -0.15) is 0 Å². The highest BCUT2D eigenvalue weighted by atomic mass is 16.3. The number of β-amino-alcohol motifs (C(OH)–C–C–N with tert-alkyl or cyclic N) is 1. The summed E-state index contributed by atoms with van der Waals surface area (Å²) in [6.07, 6.45) is 5.85. The fourth-order valence-corrected chi connectivity index (χ4v) is 4.42. The number of nitrogens with zero attached hydrogens (tertiary/aromatic N) is 3. The van der Waals surface area contributed by atoms with Crippen LogP contribution in [0.5, 0.6) is 0 Å². The van der Waals surface area contributed by atoms with Crippen molar-refractivity contribution in [1.82, 2.24) is 14.7 Å². The van der Waals surface area contributed by atoms with Gasteiger partial charge in [0.1, 0.15) is 0 Å². The van der Waals surface area contributed by atoms with E-state index in [4.69, 9.17) is 5.11 Å². The summed E-state index contributed by atoms with van der Waals surface area (Å²) in [5.74, 6) is 0.107. The third-order valence-electron chi connectivity index (χ3n) is 5.90. The Labute approximate surface area is 148 Å². The Morgan fingerprint density at radius 1 is 1.00 bits per heavy atom. The fourth-order valence-electron chi connectivity index (χ4n) is 4.42. The van der Waals surface area contributed by atoms with Crippen LogP contribution in [-0.4, -0.2) is 83.4 Å². The lowest BCUT2D eigenvalue weighted by Gasteiger charge is -2.39. The number of aliphatic hydroxyl groups excluding tert-OH is 1. The lowest BCUT2D eigenvalue weighted by Crippen LogP contribution is -2.51. The predicted molar refractivity (Wildman–Crippen MR) is 91.6 cm³/mol. The van der Waals surface area contributed by atoms with Crippen LogP contribution < -0.4 is 0 Å². The molecule has 0 bridgehead atoms. The van der Waals surface area contributed by atoms with Crippen LogP contribution in [0.1, 0.15) is 44.9 Å². The third kappa shape index (κ3) is 3.81. The number of hydrogen-bond donors (Lipinski definition) is 1. The summed E-state index contributed by atoms with van der Waals surface area (Å²) < 4.78 is 0. The van der Waals surface area contributed by atoms with Gasteiger partial charge in [0.15, 0.2) is 0 Å². The van der Waals surface area contributed by atoms with Crippen LogP contribution in [0.15, 0.2) is 0 Å². The van der Waals surface area contributed by atoms with Crippen LogP contribution in [0.25, 0.3) is 0 Å². The van der Waals surface area contributed by atoms with Crippen molar-refractivity contribution in [2.75, 3.05) is 45.9 Å². The van der Waals surface area contributed by atoms with Crippen molar-refractivity contribution < 1.29 is 19.5 Å². The smallest absolute Gasteiger partial charge is 0.242 e. The van der Waals surface area contributed by atoms with E-state index in [0.717, 1.165) is 32.1 Å². The summed E-state index contributed by atoms with van der Waals surface area (Å²) in [6, 6.07) is 0. The summed E-state index contributed by atoms with van der Waals surface area (Å²) >= 11 is 0. The number of rotatable bonds is 4. The maximum Gasteiger partial charge on any atom is 0.242 e. The van der Waals surface area contributed by atoms with E-state index in [1.807, 2.05) is 0 Å². The zero-order valence-corrected chi connectivity index (χ0v) is 14.9. The van der Waals surface area contributed by atoms with Gasteiger partial charge >= 0.3 is 0 Å². The van der Waals surface area contributed by atoms with Gasteiger partial charge in [-0.05, 0) is 32.1 Å². The average Bonchev–Trinajstić information content (AvgIpc) is 2.92. The molecule has 1 N–H and O–H groups in total. The first-order valence-corrected chi connectivity index (χ1v) is 9.51. The molecule has 3 heterocycles. The molecule has 0 aliphatic carbocycles. The monoisotopic (exact) mass is 351 g/mol. The molecule has 7 heteroatoms. The molecule has 0 aromatic heterocycles. The van der Waals surface area contributed by atoms with Crippen molar-refractivity contribution in [3.63, 3.8) is 0 Å². The van der Waals surface area contributed by atoms with Crippen molar-refractivity contribution in [2.24, 2.45) is 5.41 Å². The minimum Gasteiger partial charge on any atom is -0.395 e. The Kier molecular flexibility index (Phi) is 5.61. The minimum atomic E-state index is -0.480. The quantitative estimate of drug-likeness (QED) is 0.786. The zero-order chi connectivity index (χ0) is 17.9. The first-order valence-electron chi connectivity index (χ1n) is 9.51. The van der Waals surface area contributed by atoms with Gasteiger partial charge in [0.25, 0.3) is 0 Å². The standard InChI is InChI=1S/C18H29N3O4/c22-12-11-19-9-4-6-18(17(19)25)7-10-21(14-18)16(24)13-20-8-3-1-2-5-15(20)23/h22H,1-14H2. The fraction of sp³-hybridized carbons (Fsp3) is 0.833. The van der Waals surface area contributed by atoms with Crippen molar-refractivity contribution in [1.29, 1.82) is 0 Å². The molecule has 1 spiro atoms. The number of aliphatic hydroxyl groups is 1. The van der Waals surface area contributed by atoms with Crippen LogP contribution >= 0.6 is 0 Å². The Morgan fingerprint density at radius 2 is 1.80 bits per heavy atom. The molecule has 3 rings (SSSR count). The zero-order valence-electron chi connectivity index (χ0n) is 14.9. The minimum absolute atomic E-state index is 0.0263. The Bertz CT molecular complexity index is 536. The van der Waals surface area contributed by atoms with Crippen molar-refractivity contribution in [2.45, 2.75) is 44.9 Å². The van der Waals surface area contributed by atoms with Gasteiger partial charge in [-0.3, -0.25) is 14.4 Å². The molecule has 7 nitrogen and oxygen atoms in total. The molecule has 0 radical (unpaired) electrons. The molecule has 1 unspecified atom stereocenters. The molecule has 3 fully saturated rings. The van der Waals surface area contributed by atoms with Crippen LogP contribution in [0.4, 0.5) is 0 Å². The lowest BCUT2D eigenvalue weighted by atomic mass is 9.78. The number of piperidine rings is 1. The van der Waals surface area contributed by atoms with Crippen LogP contribution in [0.2, 0.25) is 0 Å². The molecule has 3 saturated heterocycles. The van der Waals surface area contributed by atoms with Gasteiger partial charge in [0, 0.05) is 39.1 Å². The molecule has 3 aliphatic heterocycles. The van der Waals surface area contributed by atoms with E-state index in [2.05, 4.69) is 0 Å². The first kappa shape index (κ1) is 18.2. The number of amides is 3. The molecular weight excluding hydrogens is 322 g/mol. The molecule has 25 heavy (non-hydrogen) atoms. The van der Waals surface area contributed by atoms with Gasteiger partial charge in [-0.1, -0.05) is 6.42 Å². The van der Waals surface area contributed by atoms with E-state index in [1.54, 1.807) is 14.7 Å². The van der Waals surface area contributed by atoms with Crippen LogP contribution in [-0.2, 0) is 14.4 Å². The van der Waals surface area contributed by atoms with Crippen molar-refractivity contribution in [3.05, 3.63) is 0 Å². The number of hydrogen-bond acceptors (Lipinski definition) is 4. The second-order valence-electron chi connectivity index (χ2n) is 7.59. The Hall–Kier alpha value is -1.63. The third-order valence-corrected chi connectivity index (χ3v) is 5.90. The molecule has 3 amide bonds. The highest BCUT2D eigenvalue weighted by Gasteiger charge is 2.49. The topological polar surface area (TPSA) is 81.2 Å². The van der Waals surface area contributed by atoms with Gasteiger partial charge in [-0.25, -0.2) is 0 Å². The van der Waals surface area contributed by atoms with E-state index in [9.17, 15) is 14.4 Å². The summed E-state index contributed by atoms with van der Waals surface area (Å²) in [5, 5.41) is 9.14. The molecule has 1 atom stereocenters. The second-order valence-corrected chi connectivity index (χ2v) is 7.59. The number of carbonyl (C=O) groups excluding carboxylic acids is 3. The molecule has 3 aliphatic rings. The predicted octanol–water partition coefficient (Wildman–Crippen LogP) is 0.222. The maximum atomic E-state index is 12.8. The van der Waals surface area contributed by atoms with E-state index in [-0.39, 0.29) is 30.9 Å². The highest BCUT2D eigenvalue weighted by Crippen LogP contribution is 2.40. The Morgan fingerprint density at radius 3 is 2.60 bits per heavy atom. The van der Waals surface area contributed by atoms with Crippen molar-refractivity contribution >= 4 is 17.7 Å². The number of carbonyl (C=O) groups is 3. The van der Waals surface area contributed by atoms with E-state index >= 15 is 0 Å². The summed E-state index contributed by atoms with van der Waals surface area (Å²) in [7, 11) is 0. The average molecular weight is 351 g/mol. The van der Waals surface area contributed by atoms with Crippen LogP contribution in [0.3, 0.4) is 0 Å². The van der Waals surface area contributed by atoms with Crippen LogP contribution in [0, 0.1) is 5.41 Å². The van der Waals surface area contributed by atoms with Gasteiger partial charge in [-0.15, -0.1) is 0 Å². The van der Waals surface area contributed by atoms with E-state index in [0.29, 0.717) is 45.6 Å². The molecule has 0 aromatic rings. The molecule has 140 valence electrons. The second kappa shape index (κ2) is 7.72. The lowest BCUT2D eigenvalue weighted by molar-refractivity contribution is -0.147. The van der Waals surface area contributed by atoms with Gasteiger partial charge < -0.3 is 19.8 Å². The van der Waals surface area contributed by atoms with Crippen molar-refractivity contribution in [3.8, 4) is 0 Å². The summed E-state index contributed by atoms with van der Waals surface area (Å²) in [6.45, 7) is 2.88. The highest BCUT2D eigenvalue weighted by molar-refractivity contribution is 5.88. The first-order chi connectivity index (χ1) is 12.1. The van der Waals surface area contributed by atoms with E-state index in [1.165, 1.54) is 0 Å². The largest absolute Gasteiger partial charge is 0.395 e. The summed E-state index contributed by atoms with van der Waals surface area (Å²) in [4.78, 5) is 42.8. The summed E-state index contributed by atoms with van der Waals surface area (Å²) in [5.41, 5.74) is -0.480.